The lowest BCUT2D eigenvalue weighted by Gasteiger charge is -2.00. The molecule has 0 bridgehead atoms. The minimum atomic E-state index is -0.624. The van der Waals surface area contributed by atoms with E-state index in [4.69, 9.17) is 15.0 Å². The second-order valence-electron chi connectivity index (χ2n) is 3.38. The maximum atomic E-state index is 11.4. The van der Waals surface area contributed by atoms with Crippen molar-refractivity contribution >= 4 is 27.6 Å². The van der Waals surface area contributed by atoms with Gasteiger partial charge < -0.3 is 15.0 Å². The number of halogens is 1. The van der Waals surface area contributed by atoms with Crippen molar-refractivity contribution in [3.05, 3.63) is 28.5 Å². The highest BCUT2D eigenvalue weighted by Gasteiger charge is 2.18. The van der Waals surface area contributed by atoms with E-state index in [1.54, 1.807) is 25.1 Å². The summed E-state index contributed by atoms with van der Waals surface area (Å²) in [6.45, 7) is 1.95. The van der Waals surface area contributed by atoms with Crippen LogP contribution in [0.15, 0.2) is 27.2 Å². The van der Waals surface area contributed by atoms with Crippen molar-refractivity contribution in [2.45, 2.75) is 6.92 Å². The molecule has 0 amide bonds. The van der Waals surface area contributed by atoms with Gasteiger partial charge in [0.25, 0.3) is 11.7 Å². The lowest BCUT2D eigenvalue weighted by atomic mass is 10.2. The third-order valence-electron chi connectivity index (χ3n) is 2.13. The fourth-order valence-electron chi connectivity index (χ4n) is 1.33. The number of carbonyl (C=O) groups is 1. The van der Waals surface area contributed by atoms with Crippen molar-refractivity contribution in [2.24, 2.45) is 0 Å². The summed E-state index contributed by atoms with van der Waals surface area (Å²) in [7, 11) is 0. The van der Waals surface area contributed by atoms with E-state index in [-0.39, 0.29) is 18.3 Å². The number of aromatic nitrogens is 2. The van der Waals surface area contributed by atoms with Crippen molar-refractivity contribution in [1.29, 1.82) is 0 Å². The second-order valence-corrected chi connectivity index (χ2v) is 4.29. The molecule has 7 heteroatoms. The monoisotopic (exact) mass is 311 g/mol. The summed E-state index contributed by atoms with van der Waals surface area (Å²) in [5.74, 6) is -0.566. The summed E-state index contributed by atoms with van der Waals surface area (Å²) in [6.07, 6.45) is 0. The molecule has 2 rings (SSSR count). The first-order chi connectivity index (χ1) is 8.61. The molecule has 0 saturated carbocycles. The van der Waals surface area contributed by atoms with E-state index in [0.29, 0.717) is 11.3 Å². The highest BCUT2D eigenvalue weighted by molar-refractivity contribution is 9.10. The number of benzene rings is 1. The lowest BCUT2D eigenvalue weighted by molar-refractivity contribution is 0.0508. The zero-order valence-corrected chi connectivity index (χ0v) is 11.1. The molecule has 2 aromatic rings. The van der Waals surface area contributed by atoms with E-state index in [1.807, 2.05) is 0 Å². The van der Waals surface area contributed by atoms with Crippen LogP contribution in [0.3, 0.4) is 0 Å². The number of rotatable bonds is 3. The van der Waals surface area contributed by atoms with E-state index in [1.165, 1.54) is 0 Å². The van der Waals surface area contributed by atoms with Crippen molar-refractivity contribution in [3.63, 3.8) is 0 Å². The summed E-state index contributed by atoms with van der Waals surface area (Å²) in [5.41, 5.74) is 6.85. The average Bonchev–Trinajstić information content (AvgIpc) is 2.82. The molecular weight excluding hydrogens is 302 g/mol. The highest BCUT2D eigenvalue weighted by Crippen LogP contribution is 2.27. The van der Waals surface area contributed by atoms with Gasteiger partial charge >= 0.3 is 5.97 Å². The number of esters is 1. The Labute approximate surface area is 111 Å². The topological polar surface area (TPSA) is 91.2 Å². The minimum absolute atomic E-state index is 0.119. The molecule has 0 aliphatic heterocycles. The Morgan fingerprint density at radius 2 is 2.33 bits per heavy atom. The van der Waals surface area contributed by atoms with E-state index >= 15 is 0 Å². The van der Waals surface area contributed by atoms with E-state index in [2.05, 4.69) is 26.1 Å². The molecule has 6 nitrogen and oxygen atoms in total. The number of ether oxygens (including phenoxy) is 1. The van der Waals surface area contributed by atoms with Crippen LogP contribution in [0, 0.1) is 0 Å². The van der Waals surface area contributed by atoms with Crippen LogP contribution in [0.4, 0.5) is 5.69 Å². The normalized spacial score (nSPS) is 10.3. The van der Waals surface area contributed by atoms with Crippen LogP contribution in [0.25, 0.3) is 11.5 Å². The van der Waals surface area contributed by atoms with Crippen LogP contribution in [0.1, 0.15) is 17.5 Å². The Balaban J connectivity index is 2.35. The summed E-state index contributed by atoms with van der Waals surface area (Å²) >= 11 is 3.32. The molecule has 1 aromatic heterocycles. The smallest absolute Gasteiger partial charge is 0.379 e. The Morgan fingerprint density at radius 1 is 1.56 bits per heavy atom. The van der Waals surface area contributed by atoms with Crippen LogP contribution < -0.4 is 5.73 Å². The zero-order chi connectivity index (χ0) is 13.1. The maximum Gasteiger partial charge on any atom is 0.379 e. The first-order valence-electron chi connectivity index (χ1n) is 5.18. The van der Waals surface area contributed by atoms with Gasteiger partial charge in [0.2, 0.25) is 0 Å². The average molecular weight is 312 g/mol. The first-order valence-corrected chi connectivity index (χ1v) is 5.97. The SMILES string of the molecule is CCOC(=O)c1noc(-c2cc(Br)ccc2N)n1. The summed E-state index contributed by atoms with van der Waals surface area (Å²) in [6, 6.07) is 5.23. The first kappa shape index (κ1) is 12.6. The van der Waals surface area contributed by atoms with Crippen LogP contribution in [-0.2, 0) is 4.74 Å². The van der Waals surface area contributed by atoms with Gasteiger partial charge in [-0.1, -0.05) is 15.9 Å². The Morgan fingerprint density at radius 3 is 3.06 bits per heavy atom. The van der Waals surface area contributed by atoms with Crippen LogP contribution in [-0.4, -0.2) is 22.7 Å². The van der Waals surface area contributed by atoms with E-state index in [0.717, 1.165) is 4.47 Å². The predicted octanol–water partition coefficient (Wildman–Crippen LogP) is 2.26. The van der Waals surface area contributed by atoms with Gasteiger partial charge in [0, 0.05) is 10.2 Å². The van der Waals surface area contributed by atoms with Crippen LogP contribution in [0.2, 0.25) is 0 Å². The van der Waals surface area contributed by atoms with Gasteiger partial charge in [-0.25, -0.2) is 4.79 Å². The second kappa shape index (κ2) is 5.18. The maximum absolute atomic E-state index is 11.4. The zero-order valence-electron chi connectivity index (χ0n) is 9.51. The highest BCUT2D eigenvalue weighted by atomic mass is 79.9. The van der Waals surface area contributed by atoms with Gasteiger partial charge in [0.15, 0.2) is 0 Å². The van der Waals surface area contributed by atoms with Gasteiger partial charge in [-0.2, -0.15) is 4.98 Å². The molecule has 1 aromatic carbocycles. The van der Waals surface area contributed by atoms with E-state index < -0.39 is 5.97 Å². The molecule has 18 heavy (non-hydrogen) atoms. The Kier molecular flexibility index (Phi) is 3.61. The van der Waals surface area contributed by atoms with Gasteiger partial charge in [0.05, 0.1) is 12.2 Å². The van der Waals surface area contributed by atoms with Gasteiger partial charge in [-0.15, -0.1) is 0 Å². The third kappa shape index (κ3) is 2.51. The lowest BCUT2D eigenvalue weighted by Crippen LogP contribution is -2.06. The minimum Gasteiger partial charge on any atom is -0.460 e. The molecule has 0 unspecified atom stereocenters. The number of carbonyl (C=O) groups excluding carboxylic acids is 1. The number of nitrogens with zero attached hydrogens (tertiary/aromatic N) is 2. The number of hydrogen-bond acceptors (Lipinski definition) is 6. The molecule has 2 N–H and O–H groups in total. The molecule has 94 valence electrons. The molecule has 0 aliphatic rings. The van der Waals surface area contributed by atoms with Crippen LogP contribution in [0.5, 0.6) is 0 Å². The molecule has 0 spiro atoms. The van der Waals surface area contributed by atoms with E-state index in [9.17, 15) is 4.79 Å². The van der Waals surface area contributed by atoms with Crippen molar-refractivity contribution < 1.29 is 14.1 Å². The quantitative estimate of drug-likeness (QED) is 0.690. The molecule has 0 radical (unpaired) electrons. The molecule has 0 fully saturated rings. The number of hydrogen-bond donors (Lipinski definition) is 1. The predicted molar refractivity (Wildman–Crippen MR) is 67.8 cm³/mol. The van der Waals surface area contributed by atoms with Gasteiger partial charge in [0.1, 0.15) is 0 Å². The standard InChI is InChI=1S/C11H10BrN3O3/c1-2-17-11(16)9-14-10(18-15-9)7-5-6(12)3-4-8(7)13/h3-5H,2,13H2,1H3. The molecule has 0 saturated heterocycles. The van der Waals surface area contributed by atoms with Crippen molar-refractivity contribution in [2.75, 3.05) is 12.3 Å². The van der Waals surface area contributed by atoms with Crippen molar-refractivity contribution in [1.82, 2.24) is 10.1 Å². The molecule has 0 aliphatic carbocycles. The Bertz CT molecular complexity index is 583. The summed E-state index contributed by atoms with van der Waals surface area (Å²) < 4.78 is 10.6. The third-order valence-corrected chi connectivity index (χ3v) is 2.62. The molecule has 1 heterocycles. The fourth-order valence-corrected chi connectivity index (χ4v) is 1.69. The van der Waals surface area contributed by atoms with Crippen molar-refractivity contribution in [3.8, 4) is 11.5 Å². The number of anilines is 1. The summed E-state index contributed by atoms with van der Waals surface area (Å²) in [5, 5.41) is 3.55. The Hall–Kier alpha value is -1.89. The molecule has 0 atom stereocenters. The molecular formula is C11H10BrN3O3. The number of nitrogen functional groups attached to an aromatic ring is 1. The van der Waals surface area contributed by atoms with Gasteiger partial charge in [-0.05, 0) is 30.3 Å². The fraction of sp³-hybridized carbons (Fsp3) is 0.182. The summed E-state index contributed by atoms with van der Waals surface area (Å²) in [4.78, 5) is 15.3. The van der Waals surface area contributed by atoms with Gasteiger partial charge in [-0.3, -0.25) is 0 Å². The number of nitrogens with two attached hydrogens (primary N) is 1. The largest absolute Gasteiger partial charge is 0.460 e. The van der Waals surface area contributed by atoms with Crippen LogP contribution >= 0.6 is 15.9 Å².